The van der Waals surface area contributed by atoms with Crippen LogP contribution >= 0.6 is 11.6 Å². The second-order valence-electron chi connectivity index (χ2n) is 7.88. The van der Waals surface area contributed by atoms with Gasteiger partial charge in [0, 0.05) is 60.6 Å². The normalized spacial score (nSPS) is 21.5. The van der Waals surface area contributed by atoms with Gasteiger partial charge in [0.1, 0.15) is 5.82 Å². The standard InChI is InChI=1S/C22H23ClN6O/c23-17-3-1-14(2-4-17)20-16(11-25-28-20)12-29-10-7-18-19(13-29)26-21(27-22(18)30)15-5-8-24-9-6-15/h1-6,8-9,16,20,25,28H,7,10-13H2,(H,26,27,30). The Kier molecular flexibility index (Phi) is 5.35. The van der Waals surface area contributed by atoms with E-state index in [-0.39, 0.29) is 11.6 Å². The molecule has 0 saturated carbocycles. The van der Waals surface area contributed by atoms with Gasteiger partial charge in [-0.25, -0.2) is 10.4 Å². The molecule has 0 bridgehead atoms. The molecule has 3 N–H and O–H groups in total. The van der Waals surface area contributed by atoms with Gasteiger partial charge in [0.25, 0.3) is 5.56 Å². The monoisotopic (exact) mass is 422 g/mol. The minimum atomic E-state index is -0.0327. The lowest BCUT2D eigenvalue weighted by atomic mass is 9.93. The quantitative estimate of drug-likeness (QED) is 0.598. The Labute approximate surface area is 179 Å². The molecule has 4 heterocycles. The zero-order valence-corrected chi connectivity index (χ0v) is 17.2. The zero-order valence-electron chi connectivity index (χ0n) is 16.4. The summed E-state index contributed by atoms with van der Waals surface area (Å²) >= 11 is 6.05. The van der Waals surface area contributed by atoms with Gasteiger partial charge in [-0.2, -0.15) is 0 Å². The van der Waals surface area contributed by atoms with Crippen molar-refractivity contribution < 1.29 is 0 Å². The van der Waals surface area contributed by atoms with Gasteiger partial charge in [0.2, 0.25) is 0 Å². The number of nitrogens with zero attached hydrogens (tertiary/aromatic N) is 3. The van der Waals surface area contributed by atoms with E-state index < -0.39 is 0 Å². The maximum atomic E-state index is 12.6. The molecule has 8 heteroatoms. The molecule has 1 saturated heterocycles. The van der Waals surface area contributed by atoms with Crippen molar-refractivity contribution in [3.05, 3.63) is 81.0 Å². The predicted octanol–water partition coefficient (Wildman–Crippen LogP) is 2.31. The van der Waals surface area contributed by atoms with E-state index in [4.69, 9.17) is 16.6 Å². The third-order valence-corrected chi connectivity index (χ3v) is 6.17. The van der Waals surface area contributed by atoms with E-state index in [0.29, 0.717) is 24.7 Å². The number of H-pyrrole nitrogens is 1. The number of nitrogens with one attached hydrogen (secondary N) is 3. The number of hydrogen-bond acceptors (Lipinski definition) is 6. The Hall–Kier alpha value is -2.58. The summed E-state index contributed by atoms with van der Waals surface area (Å²) in [6, 6.07) is 12.0. The van der Waals surface area contributed by atoms with Gasteiger partial charge < -0.3 is 4.98 Å². The fourth-order valence-corrected chi connectivity index (χ4v) is 4.49. The molecule has 1 aromatic carbocycles. The molecule has 2 unspecified atom stereocenters. The Balaban J connectivity index is 1.34. The summed E-state index contributed by atoms with van der Waals surface area (Å²) in [5, 5.41) is 0.746. The summed E-state index contributed by atoms with van der Waals surface area (Å²) in [6.07, 6.45) is 4.13. The molecule has 30 heavy (non-hydrogen) atoms. The number of rotatable bonds is 4. The third kappa shape index (κ3) is 3.89. The van der Waals surface area contributed by atoms with Crippen LogP contribution in [0.2, 0.25) is 5.02 Å². The van der Waals surface area contributed by atoms with E-state index in [0.717, 1.165) is 41.5 Å². The van der Waals surface area contributed by atoms with E-state index in [2.05, 4.69) is 37.9 Å². The highest BCUT2D eigenvalue weighted by molar-refractivity contribution is 6.30. The van der Waals surface area contributed by atoms with Gasteiger partial charge in [0.05, 0.1) is 11.7 Å². The van der Waals surface area contributed by atoms with Gasteiger partial charge in [0.15, 0.2) is 0 Å². The summed E-state index contributed by atoms with van der Waals surface area (Å²) in [6.45, 7) is 3.35. The van der Waals surface area contributed by atoms with Crippen molar-refractivity contribution >= 4 is 11.6 Å². The molecule has 1 fully saturated rings. The van der Waals surface area contributed by atoms with E-state index in [1.807, 2.05) is 24.3 Å². The molecule has 0 aliphatic carbocycles. The van der Waals surface area contributed by atoms with Crippen molar-refractivity contribution in [2.24, 2.45) is 5.92 Å². The fraction of sp³-hybridized carbons (Fsp3) is 0.318. The van der Waals surface area contributed by atoms with E-state index in [1.54, 1.807) is 12.4 Å². The first-order valence-electron chi connectivity index (χ1n) is 10.2. The van der Waals surface area contributed by atoms with Crippen LogP contribution in [-0.2, 0) is 13.0 Å². The van der Waals surface area contributed by atoms with Crippen molar-refractivity contribution in [2.75, 3.05) is 19.6 Å². The van der Waals surface area contributed by atoms with Crippen molar-refractivity contribution in [2.45, 2.75) is 19.0 Å². The summed E-state index contributed by atoms with van der Waals surface area (Å²) in [7, 11) is 0. The van der Waals surface area contributed by atoms with Crippen molar-refractivity contribution in [3.8, 4) is 11.4 Å². The lowest BCUT2D eigenvalue weighted by Crippen LogP contribution is -2.39. The molecule has 2 aliphatic heterocycles. The fourth-order valence-electron chi connectivity index (χ4n) is 4.36. The average molecular weight is 423 g/mol. The second kappa shape index (κ2) is 8.28. The van der Waals surface area contributed by atoms with Gasteiger partial charge in [-0.3, -0.25) is 20.1 Å². The smallest absolute Gasteiger partial charge is 0.254 e. The van der Waals surface area contributed by atoms with E-state index in [1.165, 1.54) is 5.56 Å². The van der Waals surface area contributed by atoms with Crippen LogP contribution < -0.4 is 16.4 Å². The van der Waals surface area contributed by atoms with Gasteiger partial charge in [-0.1, -0.05) is 23.7 Å². The molecular formula is C22H23ClN6O. The maximum Gasteiger partial charge on any atom is 0.254 e. The first-order chi connectivity index (χ1) is 14.7. The molecule has 0 amide bonds. The number of hydrazine groups is 1. The molecule has 2 atom stereocenters. The van der Waals surface area contributed by atoms with E-state index >= 15 is 0 Å². The molecule has 0 radical (unpaired) electrons. The largest absolute Gasteiger partial charge is 0.306 e. The highest BCUT2D eigenvalue weighted by atomic mass is 35.5. The van der Waals surface area contributed by atoms with E-state index in [9.17, 15) is 4.79 Å². The lowest BCUT2D eigenvalue weighted by molar-refractivity contribution is 0.206. The van der Waals surface area contributed by atoms with Gasteiger partial charge in [-0.05, 0) is 36.2 Å². The minimum Gasteiger partial charge on any atom is -0.306 e. The van der Waals surface area contributed by atoms with Crippen LogP contribution in [0.15, 0.2) is 53.6 Å². The Morgan fingerprint density at radius 3 is 2.73 bits per heavy atom. The Morgan fingerprint density at radius 1 is 1.13 bits per heavy atom. The summed E-state index contributed by atoms with van der Waals surface area (Å²) in [4.78, 5) is 26.8. The highest BCUT2D eigenvalue weighted by Crippen LogP contribution is 2.28. The summed E-state index contributed by atoms with van der Waals surface area (Å²) in [5.41, 5.74) is 10.4. The zero-order chi connectivity index (χ0) is 20.5. The molecule has 154 valence electrons. The minimum absolute atomic E-state index is 0.0327. The first kappa shape index (κ1) is 19.4. The van der Waals surface area contributed by atoms with Gasteiger partial charge in [-0.15, -0.1) is 0 Å². The van der Waals surface area contributed by atoms with Crippen molar-refractivity contribution in [3.63, 3.8) is 0 Å². The van der Waals surface area contributed by atoms with Crippen LogP contribution in [0.5, 0.6) is 0 Å². The Morgan fingerprint density at radius 2 is 1.93 bits per heavy atom. The summed E-state index contributed by atoms with van der Waals surface area (Å²) in [5.74, 6) is 1.01. The number of pyridine rings is 1. The third-order valence-electron chi connectivity index (χ3n) is 5.92. The number of aromatic amines is 1. The van der Waals surface area contributed by atoms with Crippen molar-refractivity contribution in [1.82, 2.24) is 30.7 Å². The number of halogens is 1. The maximum absolute atomic E-state index is 12.6. The topological polar surface area (TPSA) is 85.9 Å². The van der Waals surface area contributed by atoms with Crippen LogP contribution in [0.25, 0.3) is 11.4 Å². The molecule has 5 rings (SSSR count). The molecular weight excluding hydrogens is 400 g/mol. The average Bonchev–Trinajstić information content (AvgIpc) is 3.22. The van der Waals surface area contributed by atoms with Crippen LogP contribution in [0, 0.1) is 5.92 Å². The summed E-state index contributed by atoms with van der Waals surface area (Å²) < 4.78 is 0. The molecule has 3 aromatic rings. The Bertz CT molecular complexity index is 1090. The number of benzene rings is 1. The molecule has 0 spiro atoms. The first-order valence-corrected chi connectivity index (χ1v) is 10.5. The number of fused-ring (bicyclic) bond motifs is 1. The van der Waals surface area contributed by atoms with Crippen LogP contribution in [0.3, 0.4) is 0 Å². The number of aromatic nitrogens is 3. The van der Waals surface area contributed by atoms with Crippen LogP contribution in [-0.4, -0.2) is 39.5 Å². The number of hydrogen-bond donors (Lipinski definition) is 3. The van der Waals surface area contributed by atoms with Crippen LogP contribution in [0.4, 0.5) is 0 Å². The second-order valence-corrected chi connectivity index (χ2v) is 8.31. The highest BCUT2D eigenvalue weighted by Gasteiger charge is 2.31. The lowest BCUT2D eigenvalue weighted by Gasteiger charge is -2.31. The SMILES string of the molecule is O=c1[nH]c(-c2ccncc2)nc2c1CCN(CC1CNNC1c1ccc(Cl)cc1)C2. The van der Waals surface area contributed by atoms with Crippen molar-refractivity contribution in [1.29, 1.82) is 0 Å². The van der Waals surface area contributed by atoms with Gasteiger partial charge >= 0.3 is 0 Å². The predicted molar refractivity (Wildman–Crippen MR) is 116 cm³/mol. The molecule has 2 aromatic heterocycles. The molecule has 7 nitrogen and oxygen atoms in total. The van der Waals surface area contributed by atoms with Crippen LogP contribution in [0.1, 0.15) is 22.9 Å². The molecule has 2 aliphatic rings.